The Bertz CT molecular complexity index is 581. The van der Waals surface area contributed by atoms with Crippen molar-refractivity contribution in [2.24, 2.45) is 5.92 Å². The highest BCUT2D eigenvalue weighted by atomic mass is 16.5. The van der Waals surface area contributed by atoms with Gasteiger partial charge in [0.1, 0.15) is 6.29 Å². The first-order chi connectivity index (χ1) is 14.6. The van der Waals surface area contributed by atoms with Crippen LogP contribution in [0.1, 0.15) is 114 Å². The topological polar surface area (TPSA) is 63.6 Å². The molecule has 1 N–H and O–H groups in total. The number of carbonyl (C=O) groups is 2. The van der Waals surface area contributed by atoms with Crippen LogP contribution < -0.4 is 0 Å². The van der Waals surface area contributed by atoms with Gasteiger partial charge in [-0.25, -0.2) is 0 Å². The Balaban J connectivity index is 2.60. The second-order valence-electron chi connectivity index (χ2n) is 8.40. The molecule has 0 heterocycles. The number of aldehydes is 1. The summed E-state index contributed by atoms with van der Waals surface area (Å²) >= 11 is 0. The minimum absolute atomic E-state index is 0.0193. The van der Waals surface area contributed by atoms with Crippen LogP contribution in [0.2, 0.25) is 0 Å². The molecule has 0 saturated heterocycles. The molecule has 3 atom stereocenters. The van der Waals surface area contributed by atoms with Crippen molar-refractivity contribution in [3.63, 3.8) is 0 Å². The highest BCUT2D eigenvalue weighted by Gasteiger charge is 2.22. The van der Waals surface area contributed by atoms with E-state index in [1.165, 1.54) is 12.7 Å². The quantitative estimate of drug-likeness (QED) is 0.178. The predicted molar refractivity (Wildman–Crippen MR) is 122 cm³/mol. The first-order valence-electron chi connectivity index (χ1n) is 11.9. The highest BCUT2D eigenvalue weighted by Crippen LogP contribution is 2.33. The zero-order valence-electron chi connectivity index (χ0n) is 19.3. The fourth-order valence-corrected chi connectivity index (χ4v) is 4.13. The van der Waals surface area contributed by atoms with Crippen molar-refractivity contribution in [1.29, 1.82) is 0 Å². The van der Waals surface area contributed by atoms with Gasteiger partial charge in [-0.15, -0.1) is 0 Å². The predicted octanol–water partition coefficient (Wildman–Crippen LogP) is 6.51. The van der Waals surface area contributed by atoms with Crippen molar-refractivity contribution in [1.82, 2.24) is 0 Å². The number of aliphatic hydroxyl groups is 1. The van der Waals surface area contributed by atoms with E-state index in [0.717, 1.165) is 82.5 Å². The standard InChI is InChI=1S/C26H42O4/c1-4-6-9-14-25(28)22-18-16-21(17-19-22)24(12-5-2)23(20-27)13-10-7-8-11-15-26(29)30-3/h16-20,23-25,28H,4-15H2,1-3H3/t23-,24-,25?/m0/s1. The molecule has 4 nitrogen and oxygen atoms in total. The van der Waals surface area contributed by atoms with Crippen LogP contribution in [0, 0.1) is 5.92 Å². The van der Waals surface area contributed by atoms with Crippen molar-refractivity contribution in [2.75, 3.05) is 7.11 Å². The molecule has 4 heteroatoms. The van der Waals surface area contributed by atoms with E-state index in [1.807, 2.05) is 12.1 Å². The summed E-state index contributed by atoms with van der Waals surface area (Å²) in [6.45, 7) is 4.33. The summed E-state index contributed by atoms with van der Waals surface area (Å²) in [7, 11) is 1.42. The number of methoxy groups -OCH3 is 1. The molecule has 0 saturated carbocycles. The van der Waals surface area contributed by atoms with E-state index in [9.17, 15) is 14.7 Å². The lowest BCUT2D eigenvalue weighted by atomic mass is 9.80. The Morgan fingerprint density at radius 3 is 2.13 bits per heavy atom. The third-order valence-corrected chi connectivity index (χ3v) is 6.02. The third-order valence-electron chi connectivity index (χ3n) is 6.02. The summed E-state index contributed by atoms with van der Waals surface area (Å²) < 4.78 is 4.67. The fraction of sp³-hybridized carbons (Fsp3) is 0.692. The number of rotatable bonds is 17. The molecule has 0 aliphatic rings. The second kappa shape index (κ2) is 16.1. The van der Waals surface area contributed by atoms with Crippen LogP contribution in [0.4, 0.5) is 0 Å². The van der Waals surface area contributed by atoms with Gasteiger partial charge in [0, 0.05) is 12.3 Å². The molecule has 0 aliphatic carbocycles. The molecule has 30 heavy (non-hydrogen) atoms. The molecule has 0 bridgehead atoms. The SMILES string of the molecule is CCCCCC(O)c1ccc([C@H](CCC)[C@H](C=O)CCCCCCC(=O)OC)cc1. The number of esters is 1. The number of hydrogen-bond donors (Lipinski definition) is 1. The average Bonchev–Trinajstić information content (AvgIpc) is 2.77. The maximum absolute atomic E-state index is 11.9. The van der Waals surface area contributed by atoms with Gasteiger partial charge >= 0.3 is 5.97 Å². The third kappa shape index (κ3) is 9.88. The summed E-state index contributed by atoms with van der Waals surface area (Å²) in [5, 5.41) is 10.4. The molecule has 1 aromatic carbocycles. The monoisotopic (exact) mass is 418 g/mol. The van der Waals surface area contributed by atoms with E-state index in [4.69, 9.17) is 0 Å². The number of benzene rings is 1. The molecule has 1 rings (SSSR count). The van der Waals surface area contributed by atoms with Gasteiger partial charge in [-0.1, -0.05) is 83.1 Å². The van der Waals surface area contributed by atoms with Gasteiger partial charge < -0.3 is 14.6 Å². The van der Waals surface area contributed by atoms with Crippen LogP contribution in [-0.4, -0.2) is 24.5 Å². The Hall–Kier alpha value is -1.68. The molecular formula is C26H42O4. The van der Waals surface area contributed by atoms with Crippen molar-refractivity contribution < 1.29 is 19.4 Å². The van der Waals surface area contributed by atoms with Crippen LogP contribution >= 0.6 is 0 Å². The minimum Gasteiger partial charge on any atom is -0.469 e. The molecule has 0 radical (unpaired) electrons. The molecule has 170 valence electrons. The molecule has 0 fully saturated rings. The minimum atomic E-state index is -0.401. The van der Waals surface area contributed by atoms with Gasteiger partial charge in [0.25, 0.3) is 0 Å². The number of ether oxygens (including phenoxy) is 1. The maximum Gasteiger partial charge on any atom is 0.305 e. The zero-order valence-corrected chi connectivity index (χ0v) is 19.3. The van der Waals surface area contributed by atoms with Crippen molar-refractivity contribution in [2.45, 2.75) is 103 Å². The second-order valence-corrected chi connectivity index (χ2v) is 8.40. The summed E-state index contributed by atoms with van der Waals surface area (Å²) in [5.74, 6) is 0.0995. The van der Waals surface area contributed by atoms with E-state index in [1.54, 1.807) is 0 Å². The average molecular weight is 419 g/mol. The molecular weight excluding hydrogens is 376 g/mol. The van der Waals surface area contributed by atoms with Crippen LogP contribution in [-0.2, 0) is 14.3 Å². The van der Waals surface area contributed by atoms with Crippen LogP contribution in [0.3, 0.4) is 0 Å². The van der Waals surface area contributed by atoms with Gasteiger partial charge in [0.05, 0.1) is 13.2 Å². The largest absolute Gasteiger partial charge is 0.469 e. The molecule has 0 aliphatic heterocycles. The number of aliphatic hydroxyl groups excluding tert-OH is 1. The first-order valence-corrected chi connectivity index (χ1v) is 11.9. The van der Waals surface area contributed by atoms with E-state index in [2.05, 4.69) is 30.7 Å². The highest BCUT2D eigenvalue weighted by molar-refractivity contribution is 5.68. The van der Waals surface area contributed by atoms with Gasteiger partial charge in [-0.3, -0.25) is 4.79 Å². The lowest BCUT2D eigenvalue weighted by Gasteiger charge is -2.24. The summed E-state index contributed by atoms with van der Waals surface area (Å²) in [6, 6.07) is 8.27. The molecule has 0 aromatic heterocycles. The van der Waals surface area contributed by atoms with Gasteiger partial charge in [0.15, 0.2) is 0 Å². The molecule has 0 spiro atoms. The van der Waals surface area contributed by atoms with Crippen LogP contribution in [0.15, 0.2) is 24.3 Å². The normalized spacial score (nSPS) is 14.1. The number of hydrogen-bond acceptors (Lipinski definition) is 4. The smallest absolute Gasteiger partial charge is 0.305 e. The zero-order chi connectivity index (χ0) is 22.2. The van der Waals surface area contributed by atoms with E-state index in [0.29, 0.717) is 6.42 Å². The number of unbranched alkanes of at least 4 members (excludes halogenated alkanes) is 5. The summed E-state index contributed by atoms with van der Waals surface area (Å²) in [4.78, 5) is 23.0. The van der Waals surface area contributed by atoms with E-state index in [-0.39, 0.29) is 17.8 Å². The van der Waals surface area contributed by atoms with Crippen LogP contribution in [0.5, 0.6) is 0 Å². The molecule has 1 unspecified atom stereocenters. The van der Waals surface area contributed by atoms with Crippen molar-refractivity contribution in [3.05, 3.63) is 35.4 Å². The Kier molecular flexibility index (Phi) is 14.1. The van der Waals surface area contributed by atoms with Crippen molar-refractivity contribution >= 4 is 12.3 Å². The Morgan fingerprint density at radius 2 is 1.53 bits per heavy atom. The fourth-order valence-electron chi connectivity index (χ4n) is 4.13. The Labute approximate surface area is 183 Å². The number of carbonyl (C=O) groups excluding carboxylic acids is 2. The van der Waals surface area contributed by atoms with Gasteiger partial charge in [0.2, 0.25) is 0 Å². The van der Waals surface area contributed by atoms with Crippen molar-refractivity contribution in [3.8, 4) is 0 Å². The first kappa shape index (κ1) is 26.4. The van der Waals surface area contributed by atoms with E-state index < -0.39 is 6.10 Å². The van der Waals surface area contributed by atoms with Gasteiger partial charge in [-0.05, 0) is 42.7 Å². The molecule has 1 aromatic rings. The lowest BCUT2D eigenvalue weighted by molar-refractivity contribution is -0.140. The van der Waals surface area contributed by atoms with Crippen LogP contribution in [0.25, 0.3) is 0 Å². The molecule has 0 amide bonds. The van der Waals surface area contributed by atoms with Gasteiger partial charge in [-0.2, -0.15) is 0 Å². The summed E-state index contributed by atoms with van der Waals surface area (Å²) in [5.41, 5.74) is 2.17. The maximum atomic E-state index is 11.9. The summed E-state index contributed by atoms with van der Waals surface area (Å²) in [6.07, 6.45) is 12.1. The Morgan fingerprint density at radius 1 is 0.900 bits per heavy atom. The lowest BCUT2D eigenvalue weighted by Crippen LogP contribution is -2.15. The van der Waals surface area contributed by atoms with E-state index >= 15 is 0 Å².